The molecule has 2 N–H and O–H groups in total. The molecule has 0 bridgehead atoms. The predicted octanol–water partition coefficient (Wildman–Crippen LogP) is 1.86. The van der Waals surface area contributed by atoms with Crippen molar-refractivity contribution in [2.24, 2.45) is 5.73 Å². The monoisotopic (exact) mass is 237 g/mol. The van der Waals surface area contributed by atoms with Crippen molar-refractivity contribution in [3.05, 3.63) is 34.2 Å². The zero-order chi connectivity index (χ0) is 12.1. The molecule has 1 aromatic rings. The maximum atomic E-state index is 12.2. The number of hydrogen-bond acceptors (Lipinski definition) is 3. The van der Waals surface area contributed by atoms with E-state index in [9.17, 15) is 8.42 Å². The van der Waals surface area contributed by atoms with E-state index in [0.29, 0.717) is 9.80 Å². The number of nitrogens with two attached hydrogens (primary N) is 1. The van der Waals surface area contributed by atoms with E-state index in [1.165, 1.54) is 0 Å². The van der Waals surface area contributed by atoms with E-state index in [2.05, 4.69) is 0 Å². The SMILES string of the molecule is Cc1cccc2c1C=C(C(C)(C)N)S2(=O)=O. The summed E-state index contributed by atoms with van der Waals surface area (Å²) in [4.78, 5) is 0.672. The Morgan fingerprint density at radius 1 is 1.25 bits per heavy atom. The molecular formula is C12H15NO2S. The first kappa shape index (κ1) is 11.4. The van der Waals surface area contributed by atoms with Crippen molar-refractivity contribution in [1.82, 2.24) is 0 Å². The Labute approximate surface area is 95.9 Å². The lowest BCUT2D eigenvalue weighted by molar-refractivity contribution is 0.582. The molecule has 0 fully saturated rings. The van der Waals surface area contributed by atoms with E-state index < -0.39 is 15.4 Å². The van der Waals surface area contributed by atoms with Gasteiger partial charge in [-0.1, -0.05) is 12.1 Å². The fourth-order valence-electron chi connectivity index (χ4n) is 1.93. The Bertz CT molecular complexity index is 578. The quantitative estimate of drug-likeness (QED) is 0.811. The van der Waals surface area contributed by atoms with Crippen LogP contribution in [0.25, 0.3) is 6.08 Å². The smallest absolute Gasteiger partial charge is 0.205 e. The Kier molecular flexibility index (Phi) is 2.26. The molecule has 0 radical (unpaired) electrons. The fraction of sp³-hybridized carbons (Fsp3) is 0.333. The van der Waals surface area contributed by atoms with Crippen molar-refractivity contribution >= 4 is 15.9 Å². The summed E-state index contributed by atoms with van der Waals surface area (Å²) in [5, 5.41) is 0. The van der Waals surface area contributed by atoms with Crippen LogP contribution in [0.5, 0.6) is 0 Å². The summed E-state index contributed by atoms with van der Waals surface area (Å²) >= 11 is 0. The Morgan fingerprint density at radius 2 is 1.88 bits per heavy atom. The average Bonchev–Trinajstić information content (AvgIpc) is 2.39. The van der Waals surface area contributed by atoms with Crippen molar-refractivity contribution in [3.63, 3.8) is 0 Å². The van der Waals surface area contributed by atoms with Crippen LogP contribution in [0.3, 0.4) is 0 Å². The number of sulfone groups is 1. The molecule has 0 amide bonds. The highest BCUT2D eigenvalue weighted by molar-refractivity contribution is 7.96. The lowest BCUT2D eigenvalue weighted by atomic mass is 10.0. The van der Waals surface area contributed by atoms with Crippen molar-refractivity contribution in [2.45, 2.75) is 31.2 Å². The molecule has 0 saturated heterocycles. The molecule has 1 aliphatic rings. The zero-order valence-corrected chi connectivity index (χ0v) is 10.4. The Hall–Kier alpha value is -1.13. The highest BCUT2D eigenvalue weighted by atomic mass is 32.2. The first-order valence-corrected chi connectivity index (χ1v) is 6.58. The van der Waals surface area contributed by atoms with Crippen LogP contribution in [0.1, 0.15) is 25.0 Å². The predicted molar refractivity (Wildman–Crippen MR) is 64.6 cm³/mol. The number of fused-ring (bicyclic) bond motifs is 1. The minimum Gasteiger partial charge on any atom is -0.321 e. The van der Waals surface area contributed by atoms with Crippen molar-refractivity contribution in [3.8, 4) is 0 Å². The second kappa shape index (κ2) is 3.18. The summed E-state index contributed by atoms with van der Waals surface area (Å²) in [6.45, 7) is 5.31. The highest BCUT2D eigenvalue weighted by Crippen LogP contribution is 2.38. The third-order valence-corrected chi connectivity index (χ3v) is 4.93. The van der Waals surface area contributed by atoms with Gasteiger partial charge in [0.05, 0.1) is 9.80 Å². The van der Waals surface area contributed by atoms with E-state index in [1.54, 1.807) is 32.1 Å². The average molecular weight is 237 g/mol. The number of rotatable bonds is 1. The largest absolute Gasteiger partial charge is 0.321 e. The van der Waals surface area contributed by atoms with Crippen LogP contribution in [0.15, 0.2) is 28.0 Å². The van der Waals surface area contributed by atoms with Crippen LogP contribution >= 0.6 is 0 Å². The molecule has 0 saturated carbocycles. The van der Waals surface area contributed by atoms with Gasteiger partial charge in [0.25, 0.3) is 0 Å². The van der Waals surface area contributed by atoms with Crippen molar-refractivity contribution in [1.29, 1.82) is 0 Å². The van der Waals surface area contributed by atoms with Crippen LogP contribution in [-0.4, -0.2) is 14.0 Å². The molecule has 0 unspecified atom stereocenters. The normalized spacial score (nSPS) is 18.1. The van der Waals surface area contributed by atoms with Gasteiger partial charge in [0.15, 0.2) is 0 Å². The van der Waals surface area contributed by atoms with Gasteiger partial charge in [-0.3, -0.25) is 0 Å². The number of hydrogen-bond donors (Lipinski definition) is 1. The second-order valence-electron chi connectivity index (χ2n) is 4.72. The number of benzene rings is 1. The van der Waals surface area contributed by atoms with Gasteiger partial charge < -0.3 is 5.73 Å². The van der Waals surface area contributed by atoms with E-state index in [0.717, 1.165) is 11.1 Å². The topological polar surface area (TPSA) is 60.2 Å². The third-order valence-electron chi connectivity index (χ3n) is 2.77. The van der Waals surface area contributed by atoms with E-state index >= 15 is 0 Å². The van der Waals surface area contributed by atoms with Gasteiger partial charge in [-0.2, -0.15) is 0 Å². The summed E-state index contributed by atoms with van der Waals surface area (Å²) in [6, 6.07) is 5.29. The molecule has 0 aromatic heterocycles. The summed E-state index contributed by atoms with van der Waals surface area (Å²) in [5.74, 6) is 0. The first-order valence-electron chi connectivity index (χ1n) is 5.10. The lowest BCUT2D eigenvalue weighted by Crippen LogP contribution is -2.36. The molecule has 16 heavy (non-hydrogen) atoms. The summed E-state index contributed by atoms with van der Waals surface area (Å²) in [5.41, 5.74) is 6.79. The van der Waals surface area contributed by atoms with Gasteiger partial charge in [0.1, 0.15) is 0 Å². The first-order chi connectivity index (χ1) is 7.24. The van der Waals surface area contributed by atoms with Gasteiger partial charge in [0, 0.05) is 5.54 Å². The van der Waals surface area contributed by atoms with Crippen molar-refractivity contribution < 1.29 is 8.42 Å². The van der Waals surface area contributed by atoms with Gasteiger partial charge in [0.2, 0.25) is 9.84 Å². The highest BCUT2D eigenvalue weighted by Gasteiger charge is 2.37. The lowest BCUT2D eigenvalue weighted by Gasteiger charge is -2.19. The minimum atomic E-state index is -3.39. The minimum absolute atomic E-state index is 0.296. The standard InChI is InChI=1S/C12H15NO2S/c1-8-5-4-6-10-9(8)7-11(12(2,3)13)16(10,14)15/h4-7H,13H2,1-3H3. The van der Waals surface area contributed by atoms with Gasteiger partial charge >= 0.3 is 0 Å². The molecule has 0 atom stereocenters. The van der Waals surface area contributed by atoms with Crippen LogP contribution in [0, 0.1) is 6.92 Å². The summed E-state index contributed by atoms with van der Waals surface area (Å²) in [6.07, 6.45) is 1.69. The van der Waals surface area contributed by atoms with Crippen molar-refractivity contribution in [2.75, 3.05) is 0 Å². The molecule has 1 aromatic carbocycles. The molecule has 2 rings (SSSR count). The van der Waals surface area contributed by atoms with Gasteiger partial charge in [-0.25, -0.2) is 8.42 Å². The van der Waals surface area contributed by atoms with Crippen LogP contribution in [0.4, 0.5) is 0 Å². The third kappa shape index (κ3) is 1.49. The zero-order valence-electron chi connectivity index (χ0n) is 9.61. The molecule has 4 heteroatoms. The van der Waals surface area contributed by atoms with E-state index in [1.807, 2.05) is 13.0 Å². The van der Waals surface area contributed by atoms with Gasteiger partial charge in [-0.05, 0) is 44.0 Å². The molecule has 0 spiro atoms. The number of aryl methyl sites for hydroxylation is 1. The molecule has 86 valence electrons. The Morgan fingerprint density at radius 3 is 2.38 bits per heavy atom. The molecule has 3 nitrogen and oxygen atoms in total. The molecule has 1 aliphatic heterocycles. The molecular weight excluding hydrogens is 222 g/mol. The maximum Gasteiger partial charge on any atom is 0.205 e. The summed E-state index contributed by atoms with van der Waals surface area (Å²) in [7, 11) is -3.39. The van der Waals surface area contributed by atoms with Crippen LogP contribution in [-0.2, 0) is 9.84 Å². The maximum absolute atomic E-state index is 12.2. The second-order valence-corrected chi connectivity index (χ2v) is 6.61. The Balaban J connectivity index is 2.76. The summed E-state index contributed by atoms with van der Waals surface area (Å²) < 4.78 is 24.5. The fourth-order valence-corrected chi connectivity index (χ4v) is 3.90. The van der Waals surface area contributed by atoms with E-state index in [-0.39, 0.29) is 0 Å². The van der Waals surface area contributed by atoms with E-state index in [4.69, 9.17) is 5.73 Å². The molecule has 0 aliphatic carbocycles. The van der Waals surface area contributed by atoms with Gasteiger partial charge in [-0.15, -0.1) is 0 Å². The molecule has 1 heterocycles. The van der Waals surface area contributed by atoms with Crippen LogP contribution < -0.4 is 5.73 Å². The van der Waals surface area contributed by atoms with Crippen LogP contribution in [0.2, 0.25) is 0 Å².